The molecule has 2 aromatic rings. The third kappa shape index (κ3) is 6.66. The van der Waals surface area contributed by atoms with Crippen LogP contribution in [0.4, 0.5) is 0 Å². The molecule has 0 unspecified atom stereocenters. The zero-order valence-electron chi connectivity index (χ0n) is 17.7. The van der Waals surface area contributed by atoms with Crippen LogP contribution in [0.2, 0.25) is 0 Å². The molecule has 2 rings (SSSR count). The monoisotopic (exact) mass is 446 g/mol. The highest BCUT2D eigenvalue weighted by molar-refractivity contribution is 7.89. The second kappa shape index (κ2) is 10.7. The van der Waals surface area contributed by atoms with Crippen molar-refractivity contribution < 1.29 is 27.5 Å². The third-order valence-electron chi connectivity index (χ3n) is 4.47. The van der Waals surface area contributed by atoms with Crippen LogP contribution < -0.4 is 15.2 Å². The van der Waals surface area contributed by atoms with Crippen molar-refractivity contribution in [2.24, 2.45) is 5.73 Å². The Morgan fingerprint density at radius 1 is 1.10 bits per heavy atom. The number of amides is 1. The van der Waals surface area contributed by atoms with Gasteiger partial charge in [-0.1, -0.05) is 24.3 Å². The van der Waals surface area contributed by atoms with Gasteiger partial charge in [0.2, 0.25) is 15.9 Å². The van der Waals surface area contributed by atoms with Crippen LogP contribution in [0, 0.1) is 0 Å². The van der Waals surface area contributed by atoms with E-state index in [1.165, 1.54) is 31.4 Å². The Morgan fingerprint density at radius 3 is 2.32 bits per heavy atom. The zero-order valence-corrected chi connectivity index (χ0v) is 18.5. The largest absolute Gasteiger partial charge is 0.495 e. The van der Waals surface area contributed by atoms with Gasteiger partial charge in [0.15, 0.2) is 0 Å². The minimum Gasteiger partial charge on any atom is -0.495 e. The smallest absolute Gasteiger partial charge is 0.331 e. The van der Waals surface area contributed by atoms with Gasteiger partial charge in [0.25, 0.3) is 0 Å². The Labute approximate surface area is 182 Å². The van der Waals surface area contributed by atoms with Gasteiger partial charge in [0.1, 0.15) is 10.6 Å². The number of rotatable bonds is 10. The first kappa shape index (κ1) is 24.1. The molecule has 0 fully saturated rings. The van der Waals surface area contributed by atoms with Crippen LogP contribution in [-0.4, -0.2) is 40.6 Å². The Bertz CT molecular complexity index is 1080. The van der Waals surface area contributed by atoms with E-state index in [0.717, 1.165) is 16.7 Å². The fourth-order valence-corrected chi connectivity index (χ4v) is 4.05. The van der Waals surface area contributed by atoms with Gasteiger partial charge in [-0.25, -0.2) is 17.9 Å². The van der Waals surface area contributed by atoms with E-state index in [1.807, 2.05) is 31.2 Å². The van der Waals surface area contributed by atoms with Gasteiger partial charge in [-0.15, -0.1) is 0 Å². The number of hydrogen-bond acceptors (Lipinski definition) is 6. The molecule has 2 aromatic carbocycles. The van der Waals surface area contributed by atoms with Gasteiger partial charge in [0, 0.05) is 18.2 Å². The summed E-state index contributed by atoms with van der Waals surface area (Å²) in [6.45, 7) is 4.02. The second-order valence-electron chi connectivity index (χ2n) is 6.65. The van der Waals surface area contributed by atoms with Crippen molar-refractivity contribution in [2.45, 2.75) is 25.2 Å². The molecule has 0 aliphatic rings. The predicted octanol–water partition coefficient (Wildman–Crippen LogP) is 2.28. The van der Waals surface area contributed by atoms with Gasteiger partial charge in [-0.3, -0.25) is 4.79 Å². The van der Waals surface area contributed by atoms with Gasteiger partial charge < -0.3 is 15.2 Å². The molecule has 0 aliphatic carbocycles. The molecule has 3 N–H and O–H groups in total. The highest BCUT2D eigenvalue weighted by Gasteiger charge is 2.20. The molecule has 1 amide bonds. The fraction of sp³-hybridized carbons (Fsp3) is 0.273. The summed E-state index contributed by atoms with van der Waals surface area (Å²) in [6.07, 6.45) is 1.87. The first-order valence-electron chi connectivity index (χ1n) is 9.59. The van der Waals surface area contributed by atoms with Crippen molar-refractivity contribution >= 4 is 27.5 Å². The molecule has 0 aromatic heterocycles. The van der Waals surface area contributed by atoms with E-state index in [2.05, 4.69) is 4.72 Å². The van der Waals surface area contributed by atoms with Crippen LogP contribution in [0.3, 0.4) is 0 Å². The van der Waals surface area contributed by atoms with Gasteiger partial charge in [-0.2, -0.15) is 0 Å². The summed E-state index contributed by atoms with van der Waals surface area (Å²) in [4.78, 5) is 22.8. The van der Waals surface area contributed by atoms with Crippen LogP contribution in [-0.2, 0) is 26.0 Å². The van der Waals surface area contributed by atoms with Crippen LogP contribution in [0.25, 0.3) is 5.57 Å². The maximum absolute atomic E-state index is 12.7. The van der Waals surface area contributed by atoms with Crippen molar-refractivity contribution in [3.63, 3.8) is 0 Å². The lowest BCUT2D eigenvalue weighted by Gasteiger charge is -2.12. The lowest BCUT2D eigenvalue weighted by atomic mass is 10.0. The fourth-order valence-electron chi connectivity index (χ4n) is 2.83. The first-order valence-corrected chi connectivity index (χ1v) is 11.1. The maximum atomic E-state index is 12.7. The topological polar surface area (TPSA) is 125 Å². The summed E-state index contributed by atoms with van der Waals surface area (Å²) < 4.78 is 37.9. The normalized spacial score (nSPS) is 11.8. The molecule has 166 valence electrons. The third-order valence-corrected chi connectivity index (χ3v) is 5.96. The number of nitrogens with one attached hydrogen (secondary N) is 1. The number of ether oxygens (including phenoxy) is 2. The summed E-state index contributed by atoms with van der Waals surface area (Å²) in [7, 11) is -2.57. The number of hydrogen-bond donors (Lipinski definition) is 2. The average molecular weight is 447 g/mol. The molecule has 0 heterocycles. The van der Waals surface area contributed by atoms with E-state index >= 15 is 0 Å². The minimum atomic E-state index is -3.91. The van der Waals surface area contributed by atoms with E-state index in [9.17, 15) is 18.0 Å². The average Bonchev–Trinajstić information content (AvgIpc) is 2.73. The van der Waals surface area contributed by atoms with Gasteiger partial charge in [-0.05, 0) is 55.2 Å². The highest BCUT2D eigenvalue weighted by atomic mass is 32.2. The quantitative estimate of drug-likeness (QED) is 0.426. The van der Waals surface area contributed by atoms with E-state index in [0.29, 0.717) is 13.0 Å². The maximum Gasteiger partial charge on any atom is 0.331 e. The molecule has 9 heteroatoms. The second-order valence-corrected chi connectivity index (χ2v) is 8.39. The van der Waals surface area contributed by atoms with Crippen LogP contribution in [0.5, 0.6) is 5.75 Å². The standard InChI is InChI=1S/C22H26N2O6S/c1-4-30-21(25)13-15(2)17-7-5-16(6-8-17)11-12-24-31(27,28)20-14-18(22(23)26)9-10-19(20)29-3/h5-10,13-14,24H,4,11-12H2,1-3H3,(H2,23,26). The summed E-state index contributed by atoms with van der Waals surface area (Å²) >= 11 is 0. The lowest BCUT2D eigenvalue weighted by Crippen LogP contribution is -2.27. The summed E-state index contributed by atoms with van der Waals surface area (Å²) in [5.41, 5.74) is 7.86. The van der Waals surface area contributed by atoms with E-state index in [1.54, 1.807) is 6.92 Å². The molecular weight excluding hydrogens is 420 g/mol. The summed E-state index contributed by atoms with van der Waals surface area (Å²) in [6, 6.07) is 11.4. The highest BCUT2D eigenvalue weighted by Crippen LogP contribution is 2.24. The lowest BCUT2D eigenvalue weighted by molar-refractivity contribution is -0.137. The molecule has 8 nitrogen and oxygen atoms in total. The number of benzene rings is 2. The first-order chi connectivity index (χ1) is 14.7. The zero-order chi connectivity index (χ0) is 23.0. The van der Waals surface area contributed by atoms with Crippen LogP contribution >= 0.6 is 0 Å². The number of nitrogens with two attached hydrogens (primary N) is 1. The molecule has 0 bridgehead atoms. The molecule has 0 saturated carbocycles. The van der Waals surface area contributed by atoms with Gasteiger partial charge >= 0.3 is 5.97 Å². The molecule has 31 heavy (non-hydrogen) atoms. The van der Waals surface area contributed by atoms with E-state index < -0.39 is 21.9 Å². The Hall–Kier alpha value is -3.17. The molecule has 0 spiro atoms. The Balaban J connectivity index is 2.05. The molecule has 0 radical (unpaired) electrons. The molecule has 0 aliphatic heterocycles. The molecular formula is C22H26N2O6S. The SMILES string of the molecule is CCOC(=O)C=C(C)c1ccc(CCNS(=O)(=O)c2cc(C(N)=O)ccc2OC)cc1. The van der Waals surface area contributed by atoms with E-state index in [-0.39, 0.29) is 22.8 Å². The summed E-state index contributed by atoms with van der Waals surface area (Å²) in [5.74, 6) is -1.01. The van der Waals surface area contributed by atoms with Crippen LogP contribution in [0.15, 0.2) is 53.4 Å². The number of primary amides is 1. The predicted molar refractivity (Wildman–Crippen MR) is 117 cm³/mol. The number of carbonyl (C=O) groups excluding carboxylic acids is 2. The summed E-state index contributed by atoms with van der Waals surface area (Å²) in [5, 5.41) is 0. The number of carbonyl (C=O) groups is 2. The van der Waals surface area contributed by atoms with Gasteiger partial charge in [0.05, 0.1) is 13.7 Å². The van der Waals surface area contributed by atoms with Crippen molar-refractivity contribution in [1.29, 1.82) is 0 Å². The number of allylic oxidation sites excluding steroid dienone is 1. The minimum absolute atomic E-state index is 0.0722. The molecule has 0 saturated heterocycles. The number of methoxy groups -OCH3 is 1. The number of esters is 1. The van der Waals surface area contributed by atoms with Crippen molar-refractivity contribution in [3.05, 3.63) is 65.2 Å². The van der Waals surface area contributed by atoms with Crippen LogP contribution in [0.1, 0.15) is 35.3 Å². The Morgan fingerprint density at radius 2 is 1.74 bits per heavy atom. The van der Waals surface area contributed by atoms with Crippen molar-refractivity contribution in [2.75, 3.05) is 20.3 Å². The van der Waals surface area contributed by atoms with Crippen molar-refractivity contribution in [3.8, 4) is 5.75 Å². The number of sulfonamides is 1. The Kier molecular flexibility index (Phi) is 8.35. The van der Waals surface area contributed by atoms with E-state index in [4.69, 9.17) is 15.2 Å². The molecule has 0 atom stereocenters. The van der Waals surface area contributed by atoms with Crippen molar-refractivity contribution in [1.82, 2.24) is 4.72 Å².